The van der Waals surface area contributed by atoms with E-state index in [2.05, 4.69) is 33.1 Å². The Hall–Kier alpha value is -1.47. The number of anilines is 1. The number of amides is 3. The second-order valence-corrected chi connectivity index (χ2v) is 5.40. The zero-order chi connectivity index (χ0) is 14.3. The van der Waals surface area contributed by atoms with Gasteiger partial charge in [-0.25, -0.2) is 4.79 Å². The highest BCUT2D eigenvalue weighted by molar-refractivity contribution is 9.10. The molecule has 0 heterocycles. The molecular weight excluding hydrogens is 330 g/mol. The second kappa shape index (κ2) is 7.85. The van der Waals surface area contributed by atoms with E-state index in [4.69, 9.17) is 5.73 Å². The van der Waals surface area contributed by atoms with Crippen LogP contribution in [0.1, 0.15) is 0 Å². The predicted octanol–water partition coefficient (Wildman–Crippen LogP) is 2.14. The largest absolute Gasteiger partial charge is 0.399 e. The first kappa shape index (κ1) is 15.6. The molecule has 1 aromatic carbocycles. The number of carbonyl (C=O) groups excluding carboxylic acids is 2. The first-order valence-electron chi connectivity index (χ1n) is 5.39. The Morgan fingerprint density at radius 2 is 2.21 bits per heavy atom. The number of hydrogen-bond acceptors (Lipinski definition) is 4. The lowest BCUT2D eigenvalue weighted by Crippen LogP contribution is -2.40. The van der Waals surface area contributed by atoms with E-state index in [0.29, 0.717) is 12.2 Å². The summed E-state index contributed by atoms with van der Waals surface area (Å²) in [5, 5.41) is 4.67. The topological polar surface area (TPSA) is 84.2 Å². The van der Waals surface area contributed by atoms with Gasteiger partial charge >= 0.3 is 6.03 Å². The summed E-state index contributed by atoms with van der Waals surface area (Å²) >= 11 is 4.67. The predicted molar refractivity (Wildman–Crippen MR) is 81.0 cm³/mol. The number of nitrogens with one attached hydrogen (secondary N) is 2. The summed E-state index contributed by atoms with van der Waals surface area (Å²) in [6, 6.07) is 4.80. The van der Waals surface area contributed by atoms with Crippen LogP contribution < -0.4 is 16.4 Å². The molecule has 1 aromatic rings. The van der Waals surface area contributed by atoms with Crippen molar-refractivity contribution in [3.63, 3.8) is 0 Å². The molecule has 0 aliphatic carbocycles. The van der Waals surface area contributed by atoms with Crippen molar-refractivity contribution in [2.45, 2.75) is 4.90 Å². The monoisotopic (exact) mass is 343 g/mol. The molecule has 102 valence electrons. The number of urea groups is 1. The van der Waals surface area contributed by atoms with E-state index >= 15 is 0 Å². The van der Waals surface area contributed by atoms with Gasteiger partial charge < -0.3 is 11.1 Å². The number of thioether (sulfide) groups is 1. The van der Waals surface area contributed by atoms with E-state index in [1.165, 1.54) is 17.8 Å². The van der Waals surface area contributed by atoms with Crippen LogP contribution >= 0.6 is 27.7 Å². The standard InChI is InChI=1S/C12H14BrN3O2S/c1-2-5-15-12(18)16-11(17)7-19-10-4-3-8(14)6-9(10)13/h2-4,6H,1,5,7,14H2,(H2,15,16,17,18). The molecule has 5 nitrogen and oxygen atoms in total. The van der Waals surface area contributed by atoms with E-state index in [9.17, 15) is 9.59 Å². The van der Waals surface area contributed by atoms with Gasteiger partial charge in [-0.1, -0.05) is 6.08 Å². The smallest absolute Gasteiger partial charge is 0.321 e. The van der Waals surface area contributed by atoms with E-state index in [-0.39, 0.29) is 11.7 Å². The normalized spacial score (nSPS) is 9.74. The summed E-state index contributed by atoms with van der Waals surface area (Å²) in [4.78, 5) is 23.6. The van der Waals surface area contributed by atoms with E-state index < -0.39 is 6.03 Å². The highest BCUT2D eigenvalue weighted by Gasteiger charge is 2.08. The van der Waals surface area contributed by atoms with Crippen LogP contribution in [0.25, 0.3) is 0 Å². The van der Waals surface area contributed by atoms with Gasteiger partial charge in [-0.15, -0.1) is 18.3 Å². The van der Waals surface area contributed by atoms with Gasteiger partial charge in [0.25, 0.3) is 0 Å². The zero-order valence-corrected chi connectivity index (χ0v) is 12.5. The molecule has 0 fully saturated rings. The Bertz CT molecular complexity index is 494. The van der Waals surface area contributed by atoms with Crippen molar-refractivity contribution in [3.8, 4) is 0 Å². The van der Waals surface area contributed by atoms with Crippen LogP contribution in [-0.2, 0) is 4.79 Å². The minimum atomic E-state index is -0.526. The van der Waals surface area contributed by atoms with Gasteiger partial charge in [0, 0.05) is 21.6 Å². The number of nitrogen functional groups attached to an aromatic ring is 1. The fourth-order valence-electron chi connectivity index (χ4n) is 1.15. The van der Waals surface area contributed by atoms with Gasteiger partial charge in [0.15, 0.2) is 0 Å². The average molecular weight is 344 g/mol. The van der Waals surface area contributed by atoms with Crippen LogP contribution in [0.15, 0.2) is 40.2 Å². The fraction of sp³-hybridized carbons (Fsp3) is 0.167. The molecule has 3 amide bonds. The molecule has 0 atom stereocenters. The number of nitrogens with two attached hydrogens (primary N) is 1. The summed E-state index contributed by atoms with van der Waals surface area (Å²) in [6.45, 7) is 3.77. The molecule has 0 radical (unpaired) electrons. The molecule has 0 aliphatic heterocycles. The molecule has 0 aliphatic rings. The number of halogens is 1. The Labute approximate surface area is 124 Å². The number of hydrogen-bond donors (Lipinski definition) is 3. The van der Waals surface area contributed by atoms with Crippen molar-refractivity contribution in [2.75, 3.05) is 18.0 Å². The van der Waals surface area contributed by atoms with Crippen molar-refractivity contribution in [1.29, 1.82) is 0 Å². The molecule has 0 saturated carbocycles. The van der Waals surface area contributed by atoms with Gasteiger partial charge in [0.1, 0.15) is 0 Å². The SMILES string of the molecule is C=CCNC(=O)NC(=O)CSc1ccc(N)cc1Br. The minimum Gasteiger partial charge on any atom is -0.399 e. The molecule has 4 N–H and O–H groups in total. The molecule has 1 rings (SSSR count). The lowest BCUT2D eigenvalue weighted by Gasteiger charge is -2.06. The van der Waals surface area contributed by atoms with Crippen molar-refractivity contribution < 1.29 is 9.59 Å². The van der Waals surface area contributed by atoms with Crippen LogP contribution in [0, 0.1) is 0 Å². The van der Waals surface area contributed by atoms with Crippen molar-refractivity contribution >= 4 is 45.3 Å². The molecule has 0 saturated heterocycles. The van der Waals surface area contributed by atoms with Crippen molar-refractivity contribution in [3.05, 3.63) is 35.3 Å². The van der Waals surface area contributed by atoms with Gasteiger partial charge in [-0.2, -0.15) is 0 Å². The Kier molecular flexibility index (Phi) is 6.44. The van der Waals surface area contributed by atoms with Crippen molar-refractivity contribution in [1.82, 2.24) is 10.6 Å². The number of carbonyl (C=O) groups is 2. The van der Waals surface area contributed by atoms with E-state index in [0.717, 1.165) is 9.37 Å². The van der Waals surface area contributed by atoms with Gasteiger partial charge in [-0.3, -0.25) is 10.1 Å². The first-order chi connectivity index (χ1) is 9.02. The van der Waals surface area contributed by atoms with E-state index in [1.54, 1.807) is 12.1 Å². The Morgan fingerprint density at radius 3 is 2.84 bits per heavy atom. The first-order valence-corrected chi connectivity index (χ1v) is 7.17. The zero-order valence-electron chi connectivity index (χ0n) is 10.1. The number of rotatable bonds is 5. The van der Waals surface area contributed by atoms with Crippen LogP contribution in [0.4, 0.5) is 10.5 Å². The van der Waals surface area contributed by atoms with Crippen LogP contribution in [-0.4, -0.2) is 24.2 Å². The Morgan fingerprint density at radius 1 is 1.47 bits per heavy atom. The summed E-state index contributed by atoms with van der Waals surface area (Å²) in [6.07, 6.45) is 1.53. The van der Waals surface area contributed by atoms with Crippen LogP contribution in [0.2, 0.25) is 0 Å². The molecular formula is C12H14BrN3O2S. The van der Waals surface area contributed by atoms with Gasteiger partial charge in [0.2, 0.25) is 5.91 Å². The fourth-order valence-corrected chi connectivity index (χ4v) is 2.61. The third kappa shape index (κ3) is 5.80. The minimum absolute atomic E-state index is 0.143. The summed E-state index contributed by atoms with van der Waals surface area (Å²) in [5.41, 5.74) is 6.26. The third-order valence-electron chi connectivity index (χ3n) is 1.97. The maximum atomic E-state index is 11.5. The lowest BCUT2D eigenvalue weighted by atomic mass is 10.3. The van der Waals surface area contributed by atoms with E-state index in [1.807, 2.05) is 6.07 Å². The average Bonchev–Trinajstić information content (AvgIpc) is 2.35. The number of imide groups is 1. The van der Waals surface area contributed by atoms with Gasteiger partial charge in [-0.05, 0) is 34.1 Å². The van der Waals surface area contributed by atoms with Crippen molar-refractivity contribution in [2.24, 2.45) is 0 Å². The molecule has 0 unspecified atom stereocenters. The maximum Gasteiger partial charge on any atom is 0.321 e. The summed E-state index contributed by atoms with van der Waals surface area (Å²) in [7, 11) is 0. The third-order valence-corrected chi connectivity index (χ3v) is 3.97. The summed E-state index contributed by atoms with van der Waals surface area (Å²) in [5.74, 6) is -0.223. The van der Waals surface area contributed by atoms with Gasteiger partial charge in [0.05, 0.1) is 5.75 Å². The second-order valence-electron chi connectivity index (χ2n) is 3.53. The Balaban J connectivity index is 2.41. The highest BCUT2D eigenvalue weighted by atomic mass is 79.9. The summed E-state index contributed by atoms with van der Waals surface area (Å²) < 4.78 is 0.821. The maximum absolute atomic E-state index is 11.5. The molecule has 7 heteroatoms. The molecule has 19 heavy (non-hydrogen) atoms. The molecule has 0 aromatic heterocycles. The quantitative estimate of drug-likeness (QED) is 0.434. The van der Waals surface area contributed by atoms with Crippen LogP contribution in [0.5, 0.6) is 0 Å². The molecule has 0 bridgehead atoms. The molecule has 0 spiro atoms. The number of benzene rings is 1. The van der Waals surface area contributed by atoms with Crippen LogP contribution in [0.3, 0.4) is 0 Å². The highest BCUT2D eigenvalue weighted by Crippen LogP contribution is 2.28. The lowest BCUT2D eigenvalue weighted by molar-refractivity contribution is -0.117.